The van der Waals surface area contributed by atoms with Crippen LogP contribution in [0.3, 0.4) is 0 Å². The Morgan fingerprint density at radius 2 is 2.27 bits per heavy atom. The number of unbranched alkanes of at least 4 members (excludes halogenated alkanes) is 4. The zero-order valence-electron chi connectivity index (χ0n) is 6.97. The smallest absolute Gasteiger partial charge is 0.106 e. The maximum Gasteiger partial charge on any atom is 0.106 e. The normalized spacial score (nSPS) is 9.82. The van der Waals surface area contributed by atoms with Gasteiger partial charge in [0.15, 0.2) is 0 Å². The highest BCUT2D eigenvalue weighted by Crippen LogP contribution is 2.00. The van der Waals surface area contributed by atoms with Crippen LogP contribution in [0.2, 0.25) is 0 Å². The van der Waals surface area contributed by atoms with Gasteiger partial charge in [-0.3, -0.25) is 0 Å². The van der Waals surface area contributed by atoms with Crippen LogP contribution in [0.25, 0.3) is 0 Å². The van der Waals surface area contributed by atoms with Crippen LogP contribution < -0.4 is 0 Å². The van der Waals surface area contributed by atoms with Gasteiger partial charge < -0.3 is 4.84 Å². The monoisotopic (exact) mass is 152 g/mol. The summed E-state index contributed by atoms with van der Waals surface area (Å²) in [5, 5.41) is 3.61. The van der Waals surface area contributed by atoms with E-state index in [-0.39, 0.29) is 0 Å². The molecule has 0 aliphatic rings. The molecule has 0 aromatic heterocycles. The number of nitrogens with zero attached hydrogens (tertiary/aromatic N) is 1. The molecule has 1 radical (unpaired) electrons. The van der Waals surface area contributed by atoms with Gasteiger partial charge in [-0.15, -0.1) is 0 Å². The highest BCUT2D eigenvalue weighted by molar-refractivity contribution is 5.55. The van der Waals surface area contributed by atoms with Gasteiger partial charge in [0.1, 0.15) is 7.11 Å². The van der Waals surface area contributed by atoms with Crippen LogP contribution in [-0.2, 0) is 4.84 Å². The van der Waals surface area contributed by atoms with Crippen LogP contribution in [0, 0.1) is 12.3 Å². The molecule has 0 bridgehead atoms. The van der Waals surface area contributed by atoms with Crippen LogP contribution in [0.15, 0.2) is 5.16 Å². The van der Waals surface area contributed by atoms with Gasteiger partial charge in [-0.1, -0.05) is 17.5 Å². The number of oxime groups is 1. The van der Waals surface area contributed by atoms with Gasteiger partial charge in [0, 0.05) is 12.6 Å². The molecule has 0 aliphatic carbocycles. The lowest BCUT2D eigenvalue weighted by atomic mass is 10.2. The zero-order valence-corrected chi connectivity index (χ0v) is 6.97. The predicted molar refractivity (Wildman–Crippen MR) is 45.7 cm³/mol. The van der Waals surface area contributed by atoms with Crippen LogP contribution in [-0.4, -0.2) is 13.3 Å². The average molecular weight is 152 g/mol. The minimum absolute atomic E-state index is 0.779. The van der Waals surface area contributed by atoms with Crippen molar-refractivity contribution in [1.29, 1.82) is 0 Å². The molecule has 0 N–H and O–H groups in total. The number of rotatable bonds is 6. The third-order valence-corrected chi connectivity index (χ3v) is 1.31. The number of hydrogen-bond acceptors (Lipinski definition) is 2. The minimum atomic E-state index is 0.779. The fraction of sp³-hybridized carbons (Fsp3) is 0.667. The van der Waals surface area contributed by atoms with E-state index in [1.807, 2.05) is 0 Å². The van der Waals surface area contributed by atoms with Gasteiger partial charge in [0.2, 0.25) is 0 Å². The molecule has 0 unspecified atom stereocenters. The third kappa shape index (κ3) is 9.03. The van der Waals surface area contributed by atoms with Crippen molar-refractivity contribution in [2.75, 3.05) is 7.11 Å². The first-order chi connectivity index (χ1) is 5.41. The Hall–Kier alpha value is -0.970. The summed E-state index contributed by atoms with van der Waals surface area (Å²) in [4.78, 5) is 4.50. The fourth-order valence-corrected chi connectivity index (χ4v) is 0.753. The Balaban J connectivity index is 2.91. The molecule has 0 aromatic carbocycles. The first-order valence-corrected chi connectivity index (χ1v) is 3.86. The Labute approximate surface area is 68.6 Å². The van der Waals surface area contributed by atoms with Gasteiger partial charge in [-0.05, 0) is 25.7 Å². The molecule has 0 atom stereocenters. The molecule has 11 heavy (non-hydrogen) atoms. The molecule has 0 saturated heterocycles. The van der Waals surface area contributed by atoms with Crippen LogP contribution in [0.1, 0.15) is 32.1 Å². The standard InChI is InChI=1S/C9H14NO/c1-3-4-5-6-7-8-9-10-11-2/h9H,4-8H2,2H3. The first kappa shape index (κ1) is 10.0. The summed E-state index contributed by atoms with van der Waals surface area (Å²) in [6, 6.07) is 0. The quantitative estimate of drug-likeness (QED) is 0.247. The summed E-state index contributed by atoms with van der Waals surface area (Å²) in [5.74, 6) is 2.36. The molecule has 0 fully saturated rings. The molecular formula is C9H14NO. The summed E-state index contributed by atoms with van der Waals surface area (Å²) in [5.41, 5.74) is 0. The lowest BCUT2D eigenvalue weighted by molar-refractivity contribution is 0.214. The Morgan fingerprint density at radius 3 is 2.91 bits per heavy atom. The molecule has 0 amide bonds. The Morgan fingerprint density at radius 1 is 1.45 bits per heavy atom. The van der Waals surface area contributed by atoms with Crippen LogP contribution >= 0.6 is 0 Å². The van der Waals surface area contributed by atoms with E-state index in [4.69, 9.17) is 6.42 Å². The van der Waals surface area contributed by atoms with E-state index < -0.39 is 0 Å². The van der Waals surface area contributed by atoms with E-state index >= 15 is 0 Å². The van der Waals surface area contributed by atoms with Crippen molar-refractivity contribution in [3.63, 3.8) is 0 Å². The molecule has 0 aromatic rings. The highest BCUT2D eigenvalue weighted by atomic mass is 16.6. The van der Waals surface area contributed by atoms with Gasteiger partial charge >= 0.3 is 0 Å². The SMILES string of the molecule is [C]#CCCCCCC=NOC. The third-order valence-electron chi connectivity index (χ3n) is 1.31. The summed E-state index contributed by atoms with van der Waals surface area (Å²) >= 11 is 0. The summed E-state index contributed by atoms with van der Waals surface area (Å²) < 4.78 is 0. The van der Waals surface area contributed by atoms with Crippen molar-refractivity contribution in [1.82, 2.24) is 0 Å². The van der Waals surface area contributed by atoms with E-state index in [9.17, 15) is 0 Å². The summed E-state index contributed by atoms with van der Waals surface area (Å²) in [7, 11) is 1.54. The van der Waals surface area contributed by atoms with Gasteiger partial charge in [0.25, 0.3) is 0 Å². The van der Waals surface area contributed by atoms with Crippen molar-refractivity contribution in [3.05, 3.63) is 6.42 Å². The lowest BCUT2D eigenvalue weighted by Crippen LogP contribution is -1.79. The van der Waals surface area contributed by atoms with Crippen molar-refractivity contribution in [2.24, 2.45) is 5.16 Å². The molecule has 0 rings (SSSR count). The second-order valence-corrected chi connectivity index (χ2v) is 2.25. The molecule has 0 saturated carbocycles. The minimum Gasteiger partial charge on any atom is -0.399 e. The summed E-state index contributed by atoms with van der Waals surface area (Å²) in [6.07, 6.45) is 13.5. The molecule has 0 aliphatic heterocycles. The molecule has 0 spiro atoms. The molecule has 61 valence electrons. The average Bonchev–Trinajstić information content (AvgIpc) is 2.03. The first-order valence-electron chi connectivity index (χ1n) is 3.86. The van der Waals surface area contributed by atoms with Gasteiger partial charge in [0.05, 0.1) is 0 Å². The van der Waals surface area contributed by atoms with Crippen LogP contribution in [0.4, 0.5) is 0 Å². The highest BCUT2D eigenvalue weighted by Gasteiger charge is 1.85. The molecule has 0 heterocycles. The Bertz CT molecular complexity index is 135. The van der Waals surface area contributed by atoms with Crippen molar-refractivity contribution >= 4 is 6.21 Å². The Kier molecular flexibility index (Phi) is 8.23. The maximum absolute atomic E-state index is 6.65. The zero-order chi connectivity index (χ0) is 8.36. The predicted octanol–water partition coefficient (Wildman–Crippen LogP) is 2.16. The van der Waals surface area contributed by atoms with E-state index in [2.05, 4.69) is 15.9 Å². The topological polar surface area (TPSA) is 21.6 Å². The van der Waals surface area contributed by atoms with Crippen LogP contribution in [0.5, 0.6) is 0 Å². The van der Waals surface area contributed by atoms with E-state index in [0.717, 1.165) is 32.1 Å². The fourth-order valence-electron chi connectivity index (χ4n) is 0.753. The van der Waals surface area contributed by atoms with E-state index in [1.54, 1.807) is 13.3 Å². The lowest BCUT2D eigenvalue weighted by Gasteiger charge is -1.92. The second-order valence-electron chi connectivity index (χ2n) is 2.25. The van der Waals surface area contributed by atoms with Crippen molar-refractivity contribution in [2.45, 2.75) is 32.1 Å². The van der Waals surface area contributed by atoms with E-state index in [1.165, 1.54) is 0 Å². The van der Waals surface area contributed by atoms with Crippen molar-refractivity contribution < 1.29 is 4.84 Å². The molecule has 2 nitrogen and oxygen atoms in total. The molecular weight excluding hydrogens is 138 g/mol. The van der Waals surface area contributed by atoms with Gasteiger partial charge in [-0.2, -0.15) is 0 Å². The second kappa shape index (κ2) is 9.03. The molecule has 2 heteroatoms. The summed E-state index contributed by atoms with van der Waals surface area (Å²) in [6.45, 7) is 0. The largest absolute Gasteiger partial charge is 0.399 e. The van der Waals surface area contributed by atoms with Crippen molar-refractivity contribution in [3.8, 4) is 5.92 Å². The maximum atomic E-state index is 6.65. The number of hydrogen-bond donors (Lipinski definition) is 0. The van der Waals surface area contributed by atoms with E-state index in [0.29, 0.717) is 0 Å². The van der Waals surface area contributed by atoms with Gasteiger partial charge in [-0.25, -0.2) is 0 Å².